The zero-order chi connectivity index (χ0) is 19.3. The molecule has 1 aromatic carbocycles. The second-order valence-electron chi connectivity index (χ2n) is 8.01. The van der Waals surface area contributed by atoms with Gasteiger partial charge in [0, 0.05) is 31.0 Å². The second kappa shape index (κ2) is 8.76. The standard InChI is InChI=1S/C22H29N3O3/c1-2-3-13-27-19-10-8-18(9-11-19)22(26)25-12-4-5-16(15-25)14-20-23-21(24-28-20)17-6-7-17/h8-11,16-17H,2-7,12-15H2,1H3. The Bertz CT molecular complexity index is 783. The molecule has 1 unspecified atom stereocenters. The first-order valence-electron chi connectivity index (χ1n) is 10.6. The van der Waals surface area contributed by atoms with E-state index in [4.69, 9.17) is 9.26 Å². The number of unbranched alkanes of at least 4 members (excludes halogenated alkanes) is 1. The number of ether oxygens (including phenoxy) is 1. The van der Waals surface area contributed by atoms with Crippen molar-refractivity contribution in [3.8, 4) is 5.75 Å². The minimum atomic E-state index is 0.0917. The van der Waals surface area contributed by atoms with E-state index in [0.29, 0.717) is 11.8 Å². The first kappa shape index (κ1) is 19.0. The molecule has 1 aromatic heterocycles. The second-order valence-corrected chi connectivity index (χ2v) is 8.01. The van der Waals surface area contributed by atoms with Crippen LogP contribution in [0.5, 0.6) is 5.75 Å². The van der Waals surface area contributed by atoms with E-state index in [1.165, 1.54) is 12.8 Å². The van der Waals surface area contributed by atoms with Crippen LogP contribution in [0.15, 0.2) is 28.8 Å². The van der Waals surface area contributed by atoms with Crippen LogP contribution >= 0.6 is 0 Å². The lowest BCUT2D eigenvalue weighted by Gasteiger charge is -2.32. The Labute approximate surface area is 166 Å². The van der Waals surface area contributed by atoms with Crippen LogP contribution in [0.4, 0.5) is 0 Å². The fourth-order valence-electron chi connectivity index (χ4n) is 3.73. The van der Waals surface area contributed by atoms with Gasteiger partial charge in [0.15, 0.2) is 5.82 Å². The van der Waals surface area contributed by atoms with E-state index in [2.05, 4.69) is 17.1 Å². The minimum absolute atomic E-state index is 0.0917. The molecule has 2 heterocycles. The van der Waals surface area contributed by atoms with Gasteiger partial charge in [-0.25, -0.2) is 0 Å². The number of hydrogen-bond donors (Lipinski definition) is 0. The molecule has 4 rings (SSSR count). The Kier molecular flexibility index (Phi) is 5.93. The molecule has 2 aromatic rings. The molecule has 1 saturated carbocycles. The van der Waals surface area contributed by atoms with Gasteiger partial charge in [-0.1, -0.05) is 18.5 Å². The topological polar surface area (TPSA) is 68.5 Å². The lowest BCUT2D eigenvalue weighted by Crippen LogP contribution is -2.40. The van der Waals surface area contributed by atoms with Crippen molar-refractivity contribution in [1.29, 1.82) is 0 Å². The smallest absolute Gasteiger partial charge is 0.253 e. The summed E-state index contributed by atoms with van der Waals surface area (Å²) < 4.78 is 11.1. The number of likely N-dealkylation sites (tertiary alicyclic amines) is 1. The summed E-state index contributed by atoms with van der Waals surface area (Å²) in [4.78, 5) is 19.4. The zero-order valence-corrected chi connectivity index (χ0v) is 16.6. The number of rotatable bonds is 8. The molecule has 6 nitrogen and oxygen atoms in total. The highest BCUT2D eigenvalue weighted by molar-refractivity contribution is 5.94. The van der Waals surface area contributed by atoms with Crippen molar-refractivity contribution in [1.82, 2.24) is 15.0 Å². The van der Waals surface area contributed by atoms with Crippen LogP contribution < -0.4 is 4.74 Å². The number of nitrogens with zero attached hydrogens (tertiary/aromatic N) is 3. The van der Waals surface area contributed by atoms with Gasteiger partial charge < -0.3 is 14.2 Å². The van der Waals surface area contributed by atoms with Gasteiger partial charge >= 0.3 is 0 Å². The molecule has 0 bridgehead atoms. The molecular weight excluding hydrogens is 354 g/mol. The third-order valence-corrected chi connectivity index (χ3v) is 5.56. The molecule has 28 heavy (non-hydrogen) atoms. The number of amides is 1. The van der Waals surface area contributed by atoms with Crippen molar-refractivity contribution in [2.75, 3.05) is 19.7 Å². The summed E-state index contributed by atoms with van der Waals surface area (Å²) in [6.45, 7) is 4.41. The van der Waals surface area contributed by atoms with Gasteiger partial charge in [-0.05, 0) is 62.3 Å². The van der Waals surface area contributed by atoms with Gasteiger partial charge in [0.2, 0.25) is 5.89 Å². The maximum absolute atomic E-state index is 12.9. The van der Waals surface area contributed by atoms with Crippen molar-refractivity contribution in [3.05, 3.63) is 41.5 Å². The van der Waals surface area contributed by atoms with E-state index in [-0.39, 0.29) is 5.91 Å². The van der Waals surface area contributed by atoms with Gasteiger partial charge in [-0.2, -0.15) is 4.98 Å². The molecule has 2 fully saturated rings. The van der Waals surface area contributed by atoms with Gasteiger partial charge in [0.1, 0.15) is 5.75 Å². The third-order valence-electron chi connectivity index (χ3n) is 5.56. The van der Waals surface area contributed by atoms with Crippen molar-refractivity contribution >= 4 is 5.91 Å². The molecule has 0 spiro atoms. The highest BCUT2D eigenvalue weighted by atomic mass is 16.5. The first-order chi connectivity index (χ1) is 13.7. The number of carbonyl (C=O) groups is 1. The Morgan fingerprint density at radius 2 is 2.07 bits per heavy atom. The lowest BCUT2D eigenvalue weighted by atomic mass is 9.94. The maximum Gasteiger partial charge on any atom is 0.253 e. The summed E-state index contributed by atoms with van der Waals surface area (Å²) in [5.74, 6) is 3.38. The van der Waals surface area contributed by atoms with Gasteiger partial charge in [-0.3, -0.25) is 4.79 Å². The van der Waals surface area contributed by atoms with E-state index in [1.54, 1.807) is 0 Å². The minimum Gasteiger partial charge on any atom is -0.494 e. The quantitative estimate of drug-likeness (QED) is 0.639. The largest absolute Gasteiger partial charge is 0.494 e. The van der Waals surface area contributed by atoms with E-state index in [9.17, 15) is 4.79 Å². The van der Waals surface area contributed by atoms with Crippen LogP contribution in [0.25, 0.3) is 0 Å². The molecule has 1 aliphatic carbocycles. The van der Waals surface area contributed by atoms with Crippen molar-refractivity contribution in [2.24, 2.45) is 5.92 Å². The lowest BCUT2D eigenvalue weighted by molar-refractivity contribution is 0.0668. The maximum atomic E-state index is 12.9. The summed E-state index contributed by atoms with van der Waals surface area (Å²) in [6.07, 6.45) is 7.36. The summed E-state index contributed by atoms with van der Waals surface area (Å²) in [6, 6.07) is 7.52. The highest BCUT2D eigenvalue weighted by Crippen LogP contribution is 2.38. The molecule has 1 aliphatic heterocycles. The van der Waals surface area contributed by atoms with E-state index >= 15 is 0 Å². The summed E-state index contributed by atoms with van der Waals surface area (Å²) >= 11 is 0. The molecule has 150 valence electrons. The first-order valence-corrected chi connectivity index (χ1v) is 10.6. The van der Waals surface area contributed by atoms with Crippen molar-refractivity contribution in [2.45, 2.75) is 57.8 Å². The molecule has 1 atom stereocenters. The van der Waals surface area contributed by atoms with E-state index in [0.717, 1.165) is 74.8 Å². The van der Waals surface area contributed by atoms with Crippen LogP contribution in [0.3, 0.4) is 0 Å². The predicted molar refractivity (Wildman–Crippen MR) is 105 cm³/mol. The third kappa shape index (κ3) is 4.72. The van der Waals surface area contributed by atoms with E-state index in [1.807, 2.05) is 29.2 Å². The van der Waals surface area contributed by atoms with Crippen LogP contribution in [0.2, 0.25) is 0 Å². The Morgan fingerprint density at radius 1 is 1.25 bits per heavy atom. The number of aromatic nitrogens is 2. The average Bonchev–Trinajstić information content (AvgIpc) is 3.48. The van der Waals surface area contributed by atoms with Gasteiger partial charge in [0.25, 0.3) is 5.91 Å². The monoisotopic (exact) mass is 383 g/mol. The average molecular weight is 383 g/mol. The molecule has 2 aliphatic rings. The summed E-state index contributed by atoms with van der Waals surface area (Å²) in [7, 11) is 0. The number of hydrogen-bond acceptors (Lipinski definition) is 5. The fourth-order valence-corrected chi connectivity index (χ4v) is 3.73. The van der Waals surface area contributed by atoms with Crippen LogP contribution in [0.1, 0.15) is 73.4 Å². The number of benzene rings is 1. The fraction of sp³-hybridized carbons (Fsp3) is 0.591. The molecular formula is C22H29N3O3. The number of carbonyl (C=O) groups excluding carboxylic acids is 1. The molecule has 1 amide bonds. The summed E-state index contributed by atoms with van der Waals surface area (Å²) in [5, 5.41) is 4.10. The van der Waals surface area contributed by atoms with E-state index < -0.39 is 0 Å². The molecule has 0 N–H and O–H groups in total. The van der Waals surface area contributed by atoms with Crippen LogP contribution in [0, 0.1) is 5.92 Å². The Hall–Kier alpha value is -2.37. The van der Waals surface area contributed by atoms with Crippen molar-refractivity contribution in [3.63, 3.8) is 0 Å². The highest BCUT2D eigenvalue weighted by Gasteiger charge is 2.30. The predicted octanol–water partition coefficient (Wildman–Crippen LogP) is 4.22. The van der Waals surface area contributed by atoms with Gasteiger partial charge in [-0.15, -0.1) is 0 Å². The molecule has 6 heteroatoms. The van der Waals surface area contributed by atoms with Crippen LogP contribution in [-0.2, 0) is 6.42 Å². The zero-order valence-electron chi connectivity index (χ0n) is 16.6. The molecule has 1 saturated heterocycles. The normalized spacial score (nSPS) is 19.6. The van der Waals surface area contributed by atoms with Crippen molar-refractivity contribution < 1.29 is 14.1 Å². The Morgan fingerprint density at radius 3 is 2.82 bits per heavy atom. The summed E-state index contributed by atoms with van der Waals surface area (Å²) in [5.41, 5.74) is 0.720. The molecule has 0 radical (unpaired) electrons. The Balaban J connectivity index is 1.32. The number of piperidine rings is 1. The SMILES string of the molecule is CCCCOc1ccc(C(=O)N2CCCC(Cc3nc(C4CC4)no3)C2)cc1. The van der Waals surface area contributed by atoms with Gasteiger partial charge in [0.05, 0.1) is 6.61 Å². The van der Waals surface area contributed by atoms with Crippen LogP contribution in [-0.4, -0.2) is 40.6 Å².